The van der Waals surface area contributed by atoms with E-state index < -0.39 is 0 Å². The molecule has 1 aliphatic heterocycles. The molecule has 2 heterocycles. The molecule has 27 heavy (non-hydrogen) atoms. The highest BCUT2D eigenvalue weighted by molar-refractivity contribution is 7.16. The number of halogens is 1. The molecule has 0 bridgehead atoms. The van der Waals surface area contributed by atoms with Crippen LogP contribution < -0.4 is 10.2 Å². The number of hydrogen-bond acceptors (Lipinski definition) is 4. The second-order valence-corrected chi connectivity index (χ2v) is 8.21. The molecule has 1 saturated heterocycles. The standard InChI is InChI=1S/C20H22ClN3O2S/c1-2-11-23(13-17-9-10-18(21)27-17)14-19(25)22-15-5-7-16(8-6-15)24-12-3-4-20(24)26/h2,5-10H,1,3-4,11-14H2,(H,22,25). The van der Waals surface area contributed by atoms with Crippen LogP contribution in [0.4, 0.5) is 11.4 Å². The summed E-state index contributed by atoms with van der Waals surface area (Å²) < 4.78 is 0.740. The molecule has 1 fully saturated rings. The van der Waals surface area contributed by atoms with Gasteiger partial charge in [-0.1, -0.05) is 17.7 Å². The van der Waals surface area contributed by atoms with Crippen molar-refractivity contribution in [3.8, 4) is 0 Å². The number of nitrogens with zero attached hydrogens (tertiary/aromatic N) is 2. The molecule has 1 aromatic carbocycles. The number of rotatable bonds is 8. The third kappa shape index (κ3) is 5.42. The SMILES string of the molecule is C=CCN(CC(=O)Nc1ccc(N2CCCC2=O)cc1)Cc1ccc(Cl)s1. The fraction of sp³-hybridized carbons (Fsp3) is 0.300. The first kappa shape index (κ1) is 19.6. The van der Waals surface area contributed by atoms with Crippen molar-refractivity contribution in [3.63, 3.8) is 0 Å². The van der Waals surface area contributed by atoms with Crippen LogP contribution in [-0.4, -0.2) is 36.3 Å². The molecular weight excluding hydrogens is 382 g/mol. The molecule has 2 aromatic rings. The van der Waals surface area contributed by atoms with Crippen LogP contribution in [0.15, 0.2) is 49.1 Å². The Morgan fingerprint density at radius 1 is 1.30 bits per heavy atom. The molecule has 3 rings (SSSR count). The van der Waals surface area contributed by atoms with Gasteiger partial charge in [0.1, 0.15) is 0 Å². The summed E-state index contributed by atoms with van der Waals surface area (Å²) >= 11 is 7.49. The monoisotopic (exact) mass is 403 g/mol. The van der Waals surface area contributed by atoms with Gasteiger partial charge >= 0.3 is 0 Å². The Balaban J connectivity index is 1.56. The van der Waals surface area contributed by atoms with Gasteiger partial charge in [-0.3, -0.25) is 14.5 Å². The fourth-order valence-corrected chi connectivity index (χ4v) is 4.20. The summed E-state index contributed by atoms with van der Waals surface area (Å²) in [6, 6.07) is 11.2. The molecule has 0 spiro atoms. The smallest absolute Gasteiger partial charge is 0.238 e. The fourth-order valence-electron chi connectivity index (χ4n) is 3.07. The van der Waals surface area contributed by atoms with Gasteiger partial charge in [-0.2, -0.15) is 0 Å². The number of hydrogen-bond donors (Lipinski definition) is 1. The highest BCUT2D eigenvalue weighted by Gasteiger charge is 2.21. The largest absolute Gasteiger partial charge is 0.325 e. The average Bonchev–Trinajstić information content (AvgIpc) is 3.24. The van der Waals surface area contributed by atoms with Crippen LogP contribution in [0, 0.1) is 0 Å². The van der Waals surface area contributed by atoms with Crippen molar-refractivity contribution < 1.29 is 9.59 Å². The lowest BCUT2D eigenvalue weighted by Crippen LogP contribution is -2.32. The zero-order valence-corrected chi connectivity index (χ0v) is 16.6. The van der Waals surface area contributed by atoms with E-state index >= 15 is 0 Å². The van der Waals surface area contributed by atoms with Gasteiger partial charge in [0.15, 0.2) is 0 Å². The predicted molar refractivity (Wildman–Crippen MR) is 111 cm³/mol. The van der Waals surface area contributed by atoms with Gasteiger partial charge in [-0.05, 0) is 42.8 Å². The molecule has 2 amide bonds. The minimum absolute atomic E-state index is 0.0931. The third-order valence-electron chi connectivity index (χ3n) is 4.30. The zero-order valence-electron chi connectivity index (χ0n) is 15.0. The summed E-state index contributed by atoms with van der Waals surface area (Å²) in [6.07, 6.45) is 3.28. The molecule has 0 unspecified atom stereocenters. The highest BCUT2D eigenvalue weighted by Crippen LogP contribution is 2.24. The molecular formula is C20H22ClN3O2S. The second-order valence-electron chi connectivity index (χ2n) is 6.41. The van der Waals surface area contributed by atoms with Crippen LogP contribution >= 0.6 is 22.9 Å². The van der Waals surface area contributed by atoms with Crippen molar-refractivity contribution in [1.82, 2.24) is 4.90 Å². The van der Waals surface area contributed by atoms with Crippen molar-refractivity contribution >= 4 is 46.1 Å². The quantitative estimate of drug-likeness (QED) is 0.673. The van der Waals surface area contributed by atoms with E-state index in [4.69, 9.17) is 11.6 Å². The van der Waals surface area contributed by atoms with Crippen LogP contribution in [-0.2, 0) is 16.1 Å². The lowest BCUT2D eigenvalue weighted by Gasteiger charge is -2.20. The molecule has 5 nitrogen and oxygen atoms in total. The van der Waals surface area contributed by atoms with Crippen molar-refractivity contribution in [2.75, 3.05) is 29.9 Å². The van der Waals surface area contributed by atoms with Crippen molar-refractivity contribution in [1.29, 1.82) is 0 Å². The van der Waals surface area contributed by atoms with Crippen LogP contribution in [0.5, 0.6) is 0 Å². The summed E-state index contributed by atoms with van der Waals surface area (Å²) in [5.74, 6) is 0.0602. The average molecular weight is 404 g/mol. The summed E-state index contributed by atoms with van der Waals surface area (Å²) in [4.78, 5) is 29.1. The van der Waals surface area contributed by atoms with Gasteiger partial charge in [0.2, 0.25) is 11.8 Å². The van der Waals surface area contributed by atoms with E-state index in [0.717, 1.165) is 27.9 Å². The molecule has 1 aromatic heterocycles. The maximum absolute atomic E-state index is 12.4. The number of nitrogens with one attached hydrogen (secondary N) is 1. The Kier molecular flexibility index (Phi) is 6.66. The van der Waals surface area contributed by atoms with Gasteiger partial charge in [-0.15, -0.1) is 17.9 Å². The van der Waals surface area contributed by atoms with E-state index in [9.17, 15) is 9.59 Å². The minimum Gasteiger partial charge on any atom is -0.325 e. The normalized spacial score (nSPS) is 14.0. The Hall–Kier alpha value is -2.15. The Morgan fingerprint density at radius 3 is 2.67 bits per heavy atom. The highest BCUT2D eigenvalue weighted by atomic mass is 35.5. The maximum atomic E-state index is 12.4. The van der Waals surface area contributed by atoms with Crippen LogP contribution in [0.25, 0.3) is 0 Å². The first-order valence-electron chi connectivity index (χ1n) is 8.83. The van der Waals surface area contributed by atoms with Gasteiger partial charge < -0.3 is 10.2 Å². The van der Waals surface area contributed by atoms with E-state index in [1.807, 2.05) is 41.3 Å². The number of anilines is 2. The molecule has 1 N–H and O–H groups in total. The molecule has 0 radical (unpaired) electrons. The Bertz CT molecular complexity index is 819. The number of thiophene rings is 1. The lowest BCUT2D eigenvalue weighted by molar-refractivity contribution is -0.118. The number of carbonyl (C=O) groups is 2. The summed E-state index contributed by atoms with van der Waals surface area (Å²) in [6.45, 7) is 6.04. The predicted octanol–water partition coefficient (Wildman–Crippen LogP) is 4.16. The minimum atomic E-state index is -0.0931. The van der Waals surface area contributed by atoms with E-state index in [2.05, 4.69) is 11.9 Å². The molecule has 0 saturated carbocycles. The first-order chi connectivity index (χ1) is 13.0. The van der Waals surface area contributed by atoms with Crippen LogP contribution in [0.1, 0.15) is 17.7 Å². The maximum Gasteiger partial charge on any atom is 0.238 e. The Morgan fingerprint density at radius 2 is 2.07 bits per heavy atom. The van der Waals surface area contributed by atoms with Crippen LogP contribution in [0.2, 0.25) is 4.34 Å². The zero-order chi connectivity index (χ0) is 19.2. The summed E-state index contributed by atoms with van der Waals surface area (Å²) in [7, 11) is 0. The van der Waals surface area contributed by atoms with Crippen LogP contribution in [0.3, 0.4) is 0 Å². The van der Waals surface area contributed by atoms with Gasteiger partial charge in [0.25, 0.3) is 0 Å². The molecule has 7 heteroatoms. The molecule has 0 atom stereocenters. The lowest BCUT2D eigenvalue weighted by atomic mass is 10.2. The Labute approximate surface area is 168 Å². The van der Waals surface area contributed by atoms with E-state index in [1.54, 1.807) is 11.0 Å². The third-order valence-corrected chi connectivity index (χ3v) is 5.51. The number of carbonyl (C=O) groups excluding carboxylic acids is 2. The van der Waals surface area contributed by atoms with E-state index in [1.165, 1.54) is 11.3 Å². The van der Waals surface area contributed by atoms with Gasteiger partial charge in [0, 0.05) is 42.3 Å². The van der Waals surface area contributed by atoms with Gasteiger partial charge in [0.05, 0.1) is 10.9 Å². The summed E-state index contributed by atoms with van der Waals surface area (Å²) in [5, 5.41) is 2.91. The molecule has 1 aliphatic rings. The first-order valence-corrected chi connectivity index (χ1v) is 10.0. The van der Waals surface area contributed by atoms with E-state index in [0.29, 0.717) is 25.2 Å². The number of benzene rings is 1. The topological polar surface area (TPSA) is 52.7 Å². The van der Waals surface area contributed by atoms with Crippen molar-refractivity contribution in [3.05, 3.63) is 58.3 Å². The van der Waals surface area contributed by atoms with Gasteiger partial charge in [-0.25, -0.2) is 0 Å². The summed E-state index contributed by atoms with van der Waals surface area (Å²) in [5.41, 5.74) is 1.59. The second kappa shape index (κ2) is 9.17. The van der Waals surface area contributed by atoms with E-state index in [-0.39, 0.29) is 18.4 Å². The van der Waals surface area contributed by atoms with Crippen molar-refractivity contribution in [2.24, 2.45) is 0 Å². The molecule has 142 valence electrons. The number of amides is 2. The van der Waals surface area contributed by atoms with Crippen molar-refractivity contribution in [2.45, 2.75) is 19.4 Å². The molecule has 0 aliphatic carbocycles.